The van der Waals surface area contributed by atoms with E-state index in [4.69, 9.17) is 4.74 Å². The molecule has 2 fully saturated rings. The first-order valence-electron chi connectivity index (χ1n) is 7.62. The highest BCUT2D eigenvalue weighted by molar-refractivity contribution is 7.89. The van der Waals surface area contributed by atoms with Gasteiger partial charge in [0, 0.05) is 12.6 Å². The largest absolute Gasteiger partial charge is 0.496 e. The lowest BCUT2D eigenvalue weighted by Gasteiger charge is -2.25. The molecule has 1 aromatic carbocycles. The summed E-state index contributed by atoms with van der Waals surface area (Å²) in [6, 6.07) is 3.80. The lowest BCUT2D eigenvalue weighted by atomic mass is 10.1. The van der Waals surface area contributed by atoms with Crippen molar-refractivity contribution in [2.75, 3.05) is 13.7 Å². The highest BCUT2D eigenvalue weighted by atomic mass is 32.2. The van der Waals surface area contributed by atoms with Crippen LogP contribution in [0.4, 0.5) is 0 Å². The summed E-state index contributed by atoms with van der Waals surface area (Å²) < 4.78 is 33.1. The molecule has 1 saturated heterocycles. The lowest BCUT2D eigenvalue weighted by molar-refractivity contribution is 0.356. The molecule has 0 amide bonds. The Morgan fingerprint density at radius 3 is 2.48 bits per heavy atom. The van der Waals surface area contributed by atoms with Gasteiger partial charge in [-0.1, -0.05) is 0 Å². The van der Waals surface area contributed by atoms with Crippen LogP contribution < -0.4 is 4.74 Å². The van der Waals surface area contributed by atoms with Gasteiger partial charge in [0.25, 0.3) is 0 Å². The minimum atomic E-state index is -3.39. The molecule has 1 aliphatic carbocycles. The lowest BCUT2D eigenvalue weighted by Crippen LogP contribution is -2.37. The van der Waals surface area contributed by atoms with E-state index >= 15 is 0 Å². The predicted octanol–water partition coefficient (Wildman–Crippen LogP) is 2.88. The molecule has 0 N–H and O–H groups in total. The van der Waals surface area contributed by atoms with E-state index in [1.54, 1.807) is 17.5 Å². The SMILES string of the molecule is COc1cc(C)c(S(=O)(=O)N2CCCC2C2CC2)cc1C. The Morgan fingerprint density at radius 2 is 1.86 bits per heavy atom. The van der Waals surface area contributed by atoms with Crippen molar-refractivity contribution in [2.24, 2.45) is 5.92 Å². The van der Waals surface area contributed by atoms with Gasteiger partial charge in [-0.2, -0.15) is 4.31 Å². The maximum Gasteiger partial charge on any atom is 0.243 e. The van der Waals surface area contributed by atoms with Crippen LogP contribution in [0.3, 0.4) is 0 Å². The van der Waals surface area contributed by atoms with E-state index in [2.05, 4.69) is 0 Å². The van der Waals surface area contributed by atoms with Crippen LogP contribution in [0.25, 0.3) is 0 Å². The van der Waals surface area contributed by atoms with Crippen LogP contribution in [-0.2, 0) is 10.0 Å². The van der Waals surface area contributed by atoms with Crippen molar-refractivity contribution in [3.05, 3.63) is 23.3 Å². The molecule has 0 radical (unpaired) electrons. The second-order valence-electron chi connectivity index (χ2n) is 6.25. The molecule has 1 saturated carbocycles. The number of ether oxygens (including phenoxy) is 1. The number of aryl methyl sites for hydroxylation is 2. The molecule has 1 unspecified atom stereocenters. The molecule has 1 aliphatic heterocycles. The Bertz CT molecular complexity index is 650. The minimum Gasteiger partial charge on any atom is -0.496 e. The van der Waals surface area contributed by atoms with Gasteiger partial charge < -0.3 is 4.74 Å². The minimum absolute atomic E-state index is 0.219. The number of hydrogen-bond acceptors (Lipinski definition) is 3. The summed E-state index contributed by atoms with van der Waals surface area (Å²) in [5.41, 5.74) is 1.63. The average Bonchev–Trinajstić information content (AvgIpc) is 3.17. The van der Waals surface area contributed by atoms with Gasteiger partial charge >= 0.3 is 0 Å². The molecule has 1 heterocycles. The Labute approximate surface area is 127 Å². The van der Waals surface area contributed by atoms with Crippen LogP contribution >= 0.6 is 0 Å². The van der Waals surface area contributed by atoms with E-state index in [0.29, 0.717) is 17.4 Å². The standard InChI is InChI=1S/C16H23NO3S/c1-11-10-16(12(2)9-15(11)20-3)21(18,19)17-8-4-5-14(17)13-6-7-13/h9-10,13-14H,4-8H2,1-3H3. The van der Waals surface area contributed by atoms with E-state index in [1.807, 2.05) is 19.9 Å². The quantitative estimate of drug-likeness (QED) is 0.859. The van der Waals surface area contributed by atoms with Crippen LogP contribution in [0.5, 0.6) is 5.75 Å². The van der Waals surface area contributed by atoms with Crippen molar-refractivity contribution in [3.63, 3.8) is 0 Å². The summed E-state index contributed by atoms with van der Waals surface area (Å²) in [7, 11) is -1.78. The van der Waals surface area contributed by atoms with Crippen LogP contribution in [0, 0.1) is 19.8 Å². The maximum atomic E-state index is 13.0. The number of methoxy groups -OCH3 is 1. The third-order valence-electron chi connectivity index (χ3n) is 4.69. The molecular formula is C16H23NO3S. The van der Waals surface area contributed by atoms with Gasteiger partial charge in [-0.05, 0) is 68.7 Å². The van der Waals surface area contributed by atoms with Crippen molar-refractivity contribution >= 4 is 10.0 Å². The molecule has 0 spiro atoms. The summed E-state index contributed by atoms with van der Waals surface area (Å²) in [4.78, 5) is 0.438. The van der Waals surface area contributed by atoms with E-state index in [1.165, 1.54) is 12.8 Å². The maximum absolute atomic E-state index is 13.0. The summed E-state index contributed by atoms with van der Waals surface area (Å²) in [5, 5.41) is 0. The van der Waals surface area contributed by atoms with Crippen molar-refractivity contribution in [3.8, 4) is 5.75 Å². The van der Waals surface area contributed by atoms with Gasteiger partial charge in [0.05, 0.1) is 12.0 Å². The van der Waals surface area contributed by atoms with Crippen molar-refractivity contribution in [1.82, 2.24) is 4.31 Å². The van der Waals surface area contributed by atoms with Crippen molar-refractivity contribution < 1.29 is 13.2 Å². The first-order valence-corrected chi connectivity index (χ1v) is 9.06. The fourth-order valence-corrected chi connectivity index (χ4v) is 5.45. The highest BCUT2D eigenvalue weighted by Crippen LogP contribution is 2.42. The van der Waals surface area contributed by atoms with E-state index in [-0.39, 0.29) is 6.04 Å². The molecule has 2 aliphatic rings. The molecule has 1 atom stereocenters. The molecule has 0 aromatic heterocycles. The molecule has 0 bridgehead atoms. The number of nitrogens with zero attached hydrogens (tertiary/aromatic N) is 1. The van der Waals surface area contributed by atoms with Crippen LogP contribution in [0.1, 0.15) is 36.8 Å². The second kappa shape index (κ2) is 5.29. The van der Waals surface area contributed by atoms with Crippen LogP contribution in [-0.4, -0.2) is 32.4 Å². The van der Waals surface area contributed by atoms with Crippen molar-refractivity contribution in [1.29, 1.82) is 0 Å². The molecule has 21 heavy (non-hydrogen) atoms. The first kappa shape index (κ1) is 14.9. The summed E-state index contributed by atoms with van der Waals surface area (Å²) in [5.74, 6) is 1.33. The van der Waals surface area contributed by atoms with E-state index in [0.717, 1.165) is 29.7 Å². The molecule has 4 nitrogen and oxygen atoms in total. The highest BCUT2D eigenvalue weighted by Gasteiger charge is 2.43. The smallest absolute Gasteiger partial charge is 0.243 e. The van der Waals surface area contributed by atoms with Gasteiger partial charge in [0.15, 0.2) is 0 Å². The Hall–Kier alpha value is -1.07. The normalized spacial score (nSPS) is 23.5. The van der Waals surface area contributed by atoms with Gasteiger partial charge in [0.1, 0.15) is 5.75 Å². The third-order valence-corrected chi connectivity index (χ3v) is 6.76. The van der Waals surface area contributed by atoms with Gasteiger partial charge in [0.2, 0.25) is 10.0 Å². The second-order valence-corrected chi connectivity index (χ2v) is 8.11. The molecule has 1 aromatic rings. The Kier molecular flexibility index (Phi) is 3.74. The number of rotatable bonds is 4. The van der Waals surface area contributed by atoms with Gasteiger partial charge in [-0.15, -0.1) is 0 Å². The molecule has 116 valence electrons. The van der Waals surface area contributed by atoms with E-state index in [9.17, 15) is 8.42 Å². The first-order chi connectivity index (χ1) is 9.95. The number of benzene rings is 1. The summed E-state index contributed by atoms with van der Waals surface area (Å²) in [6.07, 6.45) is 4.35. The number of hydrogen-bond donors (Lipinski definition) is 0. The summed E-state index contributed by atoms with van der Waals surface area (Å²) in [6.45, 7) is 4.39. The Morgan fingerprint density at radius 1 is 1.14 bits per heavy atom. The van der Waals surface area contributed by atoms with Crippen molar-refractivity contribution in [2.45, 2.75) is 50.5 Å². The molecule has 3 rings (SSSR count). The van der Waals surface area contributed by atoms with Crippen LogP contribution in [0.2, 0.25) is 0 Å². The fraction of sp³-hybridized carbons (Fsp3) is 0.625. The van der Waals surface area contributed by atoms with Gasteiger partial charge in [-0.25, -0.2) is 8.42 Å². The fourth-order valence-electron chi connectivity index (χ4n) is 3.40. The molecular weight excluding hydrogens is 286 g/mol. The number of sulfonamides is 1. The zero-order valence-corrected chi connectivity index (χ0v) is 13.7. The monoisotopic (exact) mass is 309 g/mol. The summed E-state index contributed by atoms with van der Waals surface area (Å²) >= 11 is 0. The Balaban J connectivity index is 2.00. The van der Waals surface area contributed by atoms with E-state index < -0.39 is 10.0 Å². The predicted molar refractivity (Wildman–Crippen MR) is 82.1 cm³/mol. The third kappa shape index (κ3) is 2.57. The topological polar surface area (TPSA) is 46.6 Å². The zero-order chi connectivity index (χ0) is 15.2. The average molecular weight is 309 g/mol. The van der Waals surface area contributed by atoms with Gasteiger partial charge in [-0.3, -0.25) is 0 Å². The molecule has 5 heteroatoms. The van der Waals surface area contributed by atoms with Crippen LogP contribution in [0.15, 0.2) is 17.0 Å². The zero-order valence-electron chi connectivity index (χ0n) is 12.9.